The van der Waals surface area contributed by atoms with Crippen LogP contribution in [0.3, 0.4) is 0 Å². The van der Waals surface area contributed by atoms with Gasteiger partial charge in [-0.25, -0.2) is 8.42 Å². The molecule has 1 aliphatic rings. The maximum absolute atomic E-state index is 12.9. The highest BCUT2D eigenvalue weighted by molar-refractivity contribution is 7.99. The predicted molar refractivity (Wildman–Crippen MR) is 119 cm³/mol. The predicted octanol–water partition coefficient (Wildman–Crippen LogP) is 1.99. The molecule has 1 saturated heterocycles. The number of carbonyl (C=O) groups is 1. The monoisotopic (exact) mass is 467 g/mol. The van der Waals surface area contributed by atoms with Gasteiger partial charge in [-0.1, -0.05) is 23.9 Å². The summed E-state index contributed by atoms with van der Waals surface area (Å²) in [6, 6.07) is 6.75. The second-order valence-electron chi connectivity index (χ2n) is 7.40. The number of ether oxygens (including phenoxy) is 1. The fourth-order valence-electron chi connectivity index (χ4n) is 3.51. The number of carbonyl (C=O) groups excluding carboxylic acids is 1. The van der Waals surface area contributed by atoms with Crippen molar-refractivity contribution in [3.8, 4) is 11.4 Å². The number of hydrogen-bond donors (Lipinski definition) is 1. The fourth-order valence-corrected chi connectivity index (χ4v) is 5.88. The normalized spacial score (nSPS) is 15.8. The summed E-state index contributed by atoms with van der Waals surface area (Å²) in [6.07, 6.45) is 1.78. The third kappa shape index (κ3) is 5.65. The maximum Gasteiger partial charge on any atom is 0.243 e. The fraction of sp³-hybridized carbons (Fsp3) is 0.550. The van der Waals surface area contributed by atoms with Gasteiger partial charge in [-0.2, -0.15) is 4.31 Å². The van der Waals surface area contributed by atoms with E-state index >= 15 is 0 Å². The highest BCUT2D eigenvalue weighted by atomic mass is 32.2. The van der Waals surface area contributed by atoms with Crippen LogP contribution >= 0.6 is 11.8 Å². The molecule has 9 nitrogen and oxygen atoms in total. The Hall–Kier alpha value is -1.95. The number of thioether (sulfide) groups is 1. The Labute approximate surface area is 187 Å². The largest absolute Gasteiger partial charge is 0.383 e. The number of amides is 1. The molecule has 1 N–H and O–H groups in total. The summed E-state index contributed by atoms with van der Waals surface area (Å²) >= 11 is 1.30. The summed E-state index contributed by atoms with van der Waals surface area (Å²) in [4.78, 5) is 12.4. The molecular formula is C20H29N5O4S2. The molecule has 1 amide bonds. The minimum Gasteiger partial charge on any atom is -0.383 e. The second kappa shape index (κ2) is 10.6. The lowest BCUT2D eigenvalue weighted by atomic mass is 10.2. The van der Waals surface area contributed by atoms with E-state index in [0.717, 1.165) is 12.8 Å². The summed E-state index contributed by atoms with van der Waals surface area (Å²) in [6.45, 7) is 6.00. The molecule has 0 aliphatic carbocycles. The summed E-state index contributed by atoms with van der Waals surface area (Å²) < 4.78 is 34.3. The van der Waals surface area contributed by atoms with Gasteiger partial charge in [0.15, 0.2) is 11.0 Å². The highest BCUT2D eigenvalue weighted by Crippen LogP contribution is 2.27. The van der Waals surface area contributed by atoms with Crippen LogP contribution in [0.2, 0.25) is 0 Å². The van der Waals surface area contributed by atoms with Crippen LogP contribution in [0.4, 0.5) is 0 Å². The molecule has 3 rings (SSSR count). The van der Waals surface area contributed by atoms with Crippen molar-refractivity contribution in [2.75, 3.05) is 32.6 Å². The number of rotatable bonds is 10. The quantitative estimate of drug-likeness (QED) is 0.533. The van der Waals surface area contributed by atoms with Crippen LogP contribution in [0.25, 0.3) is 11.4 Å². The Bertz CT molecular complexity index is 1000. The molecule has 1 atom stereocenters. The van der Waals surface area contributed by atoms with E-state index < -0.39 is 10.0 Å². The zero-order valence-corrected chi connectivity index (χ0v) is 19.7. The van der Waals surface area contributed by atoms with Gasteiger partial charge < -0.3 is 14.6 Å². The molecule has 1 unspecified atom stereocenters. The van der Waals surface area contributed by atoms with Gasteiger partial charge in [0, 0.05) is 38.3 Å². The molecule has 0 saturated carbocycles. The first-order chi connectivity index (χ1) is 14.9. The van der Waals surface area contributed by atoms with Crippen molar-refractivity contribution in [1.82, 2.24) is 24.4 Å². The van der Waals surface area contributed by atoms with Gasteiger partial charge >= 0.3 is 0 Å². The summed E-state index contributed by atoms with van der Waals surface area (Å²) in [5, 5.41) is 12.0. The molecule has 2 aromatic rings. The first-order valence-electron chi connectivity index (χ1n) is 10.3. The van der Waals surface area contributed by atoms with Gasteiger partial charge in [-0.05, 0) is 38.8 Å². The SMILES string of the molecule is CCn1c(SCC(=O)NC(C)COC)nnc1-c1cccc(S(=O)(=O)N2CCCC2)c1. The van der Waals surface area contributed by atoms with E-state index in [1.165, 1.54) is 16.1 Å². The van der Waals surface area contributed by atoms with Crippen LogP contribution in [0.5, 0.6) is 0 Å². The van der Waals surface area contributed by atoms with Crippen LogP contribution in [0.1, 0.15) is 26.7 Å². The molecule has 1 aromatic carbocycles. The third-order valence-corrected chi connectivity index (χ3v) is 7.85. The molecule has 2 heterocycles. The zero-order chi connectivity index (χ0) is 22.4. The molecule has 11 heteroatoms. The Balaban J connectivity index is 1.77. The number of methoxy groups -OCH3 is 1. The first-order valence-corrected chi connectivity index (χ1v) is 12.7. The smallest absolute Gasteiger partial charge is 0.243 e. The van der Waals surface area contributed by atoms with Crippen LogP contribution in [0, 0.1) is 0 Å². The first kappa shape index (κ1) is 23.7. The van der Waals surface area contributed by atoms with Gasteiger partial charge in [-0.15, -0.1) is 10.2 Å². The third-order valence-electron chi connectivity index (χ3n) is 4.98. The van der Waals surface area contributed by atoms with E-state index in [9.17, 15) is 13.2 Å². The molecule has 1 fully saturated rings. The van der Waals surface area contributed by atoms with E-state index in [1.54, 1.807) is 25.3 Å². The average Bonchev–Trinajstić information content (AvgIpc) is 3.42. The lowest BCUT2D eigenvalue weighted by molar-refractivity contribution is -0.119. The summed E-state index contributed by atoms with van der Waals surface area (Å²) in [5.74, 6) is 0.673. The minimum atomic E-state index is -3.51. The van der Waals surface area contributed by atoms with Crippen molar-refractivity contribution in [1.29, 1.82) is 0 Å². The van der Waals surface area contributed by atoms with E-state index in [2.05, 4.69) is 15.5 Å². The van der Waals surface area contributed by atoms with Crippen LogP contribution in [-0.4, -0.2) is 72.0 Å². The Morgan fingerprint density at radius 3 is 2.71 bits per heavy atom. The number of aromatic nitrogens is 3. The van der Waals surface area contributed by atoms with Crippen molar-refractivity contribution in [3.63, 3.8) is 0 Å². The summed E-state index contributed by atoms with van der Waals surface area (Å²) in [5.41, 5.74) is 0.680. The molecule has 1 aliphatic heterocycles. The molecule has 31 heavy (non-hydrogen) atoms. The molecule has 0 bridgehead atoms. The van der Waals surface area contributed by atoms with Gasteiger partial charge in [0.05, 0.1) is 17.3 Å². The zero-order valence-electron chi connectivity index (χ0n) is 18.1. The molecule has 0 spiro atoms. The number of nitrogens with one attached hydrogen (secondary N) is 1. The van der Waals surface area contributed by atoms with Crippen molar-refractivity contribution in [2.45, 2.75) is 49.3 Å². The van der Waals surface area contributed by atoms with Crippen molar-refractivity contribution in [3.05, 3.63) is 24.3 Å². The van der Waals surface area contributed by atoms with E-state index in [-0.39, 0.29) is 22.6 Å². The van der Waals surface area contributed by atoms with Gasteiger partial charge in [0.1, 0.15) is 0 Å². The van der Waals surface area contributed by atoms with Gasteiger partial charge in [0.2, 0.25) is 15.9 Å². The molecule has 170 valence electrons. The number of nitrogens with zero attached hydrogens (tertiary/aromatic N) is 4. The number of benzene rings is 1. The standard InChI is InChI=1S/C20H29N5O4S2/c1-4-25-19(22-23-20(25)30-14-18(26)21-15(2)13-29-3)16-8-7-9-17(12-16)31(27,28)24-10-5-6-11-24/h7-9,12,15H,4-6,10-11,13-14H2,1-3H3,(H,21,26). The lowest BCUT2D eigenvalue weighted by Gasteiger charge is -2.16. The van der Waals surface area contributed by atoms with Crippen molar-refractivity contribution in [2.24, 2.45) is 0 Å². The minimum absolute atomic E-state index is 0.0713. The van der Waals surface area contributed by atoms with Gasteiger partial charge in [-0.3, -0.25) is 4.79 Å². The summed E-state index contributed by atoms with van der Waals surface area (Å²) in [7, 11) is -1.92. The van der Waals surface area contributed by atoms with Crippen LogP contribution < -0.4 is 5.32 Å². The van der Waals surface area contributed by atoms with Crippen LogP contribution in [0.15, 0.2) is 34.3 Å². The second-order valence-corrected chi connectivity index (χ2v) is 10.3. The number of hydrogen-bond acceptors (Lipinski definition) is 7. The van der Waals surface area contributed by atoms with E-state index in [0.29, 0.717) is 42.8 Å². The van der Waals surface area contributed by atoms with Crippen LogP contribution in [-0.2, 0) is 26.1 Å². The Morgan fingerprint density at radius 1 is 1.29 bits per heavy atom. The van der Waals surface area contributed by atoms with Gasteiger partial charge in [0.25, 0.3) is 0 Å². The average molecular weight is 468 g/mol. The topological polar surface area (TPSA) is 106 Å². The molecule has 1 aromatic heterocycles. The highest BCUT2D eigenvalue weighted by Gasteiger charge is 2.27. The number of sulfonamides is 1. The Kier molecular flexibility index (Phi) is 8.09. The lowest BCUT2D eigenvalue weighted by Crippen LogP contribution is -2.36. The van der Waals surface area contributed by atoms with E-state index in [1.807, 2.05) is 24.5 Å². The van der Waals surface area contributed by atoms with Crippen molar-refractivity contribution < 1.29 is 17.9 Å². The van der Waals surface area contributed by atoms with Crippen molar-refractivity contribution >= 4 is 27.7 Å². The Morgan fingerprint density at radius 2 is 2.03 bits per heavy atom. The maximum atomic E-state index is 12.9. The molecule has 0 radical (unpaired) electrons. The van der Waals surface area contributed by atoms with E-state index in [4.69, 9.17) is 4.74 Å². The molecular weight excluding hydrogens is 438 g/mol.